The standard InChI is InChI=1S/C16H23N3O4S/c1-4-8-19(12(2)20)9-7-17-24(22,23)14-5-6-15-13(10-14)11-16(21)18(15)3/h5-6,10,17H,4,7-9,11H2,1-3H3. The molecule has 0 spiro atoms. The van der Waals surface area contributed by atoms with Gasteiger partial charge in [-0.15, -0.1) is 0 Å². The lowest BCUT2D eigenvalue weighted by Crippen LogP contribution is -2.37. The Bertz CT molecular complexity index is 746. The van der Waals surface area contributed by atoms with Gasteiger partial charge in [0.25, 0.3) is 0 Å². The molecule has 8 heteroatoms. The van der Waals surface area contributed by atoms with Crippen LogP contribution in [0.3, 0.4) is 0 Å². The van der Waals surface area contributed by atoms with E-state index in [0.717, 1.165) is 12.1 Å². The van der Waals surface area contributed by atoms with Gasteiger partial charge < -0.3 is 9.80 Å². The van der Waals surface area contributed by atoms with E-state index in [2.05, 4.69) is 4.72 Å². The summed E-state index contributed by atoms with van der Waals surface area (Å²) in [7, 11) is -2.00. The number of nitrogens with one attached hydrogen (secondary N) is 1. The number of nitrogens with zero attached hydrogens (tertiary/aromatic N) is 2. The smallest absolute Gasteiger partial charge is 0.240 e. The molecule has 0 saturated heterocycles. The van der Waals surface area contributed by atoms with Crippen molar-refractivity contribution in [2.24, 2.45) is 0 Å². The predicted octanol–water partition coefficient (Wildman–Crippen LogP) is 0.742. The molecule has 132 valence electrons. The first-order valence-corrected chi connectivity index (χ1v) is 9.39. The average molecular weight is 353 g/mol. The van der Waals surface area contributed by atoms with E-state index < -0.39 is 10.0 Å². The molecule has 0 saturated carbocycles. The summed E-state index contributed by atoms with van der Waals surface area (Å²) in [5.74, 6) is -0.126. The van der Waals surface area contributed by atoms with Gasteiger partial charge in [0.1, 0.15) is 0 Å². The normalized spacial score (nSPS) is 14.0. The second kappa shape index (κ2) is 7.31. The van der Waals surface area contributed by atoms with Crippen LogP contribution in [0.5, 0.6) is 0 Å². The highest BCUT2D eigenvalue weighted by atomic mass is 32.2. The highest BCUT2D eigenvalue weighted by molar-refractivity contribution is 7.89. The third kappa shape index (κ3) is 3.93. The molecule has 2 amide bonds. The fraction of sp³-hybridized carbons (Fsp3) is 0.500. The van der Waals surface area contributed by atoms with E-state index in [-0.39, 0.29) is 29.7 Å². The molecule has 1 aromatic rings. The van der Waals surface area contributed by atoms with Crippen LogP contribution < -0.4 is 9.62 Å². The number of anilines is 1. The third-order valence-electron chi connectivity index (χ3n) is 4.05. The van der Waals surface area contributed by atoms with Crippen molar-refractivity contribution < 1.29 is 18.0 Å². The van der Waals surface area contributed by atoms with Gasteiger partial charge >= 0.3 is 0 Å². The second-order valence-corrected chi connectivity index (χ2v) is 7.59. The number of rotatable bonds is 7. The minimum absolute atomic E-state index is 0.0517. The van der Waals surface area contributed by atoms with Crippen LogP contribution in [0.25, 0.3) is 0 Å². The van der Waals surface area contributed by atoms with Crippen LogP contribution >= 0.6 is 0 Å². The maximum Gasteiger partial charge on any atom is 0.240 e. The molecule has 1 N–H and O–H groups in total. The minimum atomic E-state index is -3.67. The van der Waals surface area contributed by atoms with Gasteiger partial charge in [-0.2, -0.15) is 0 Å². The molecule has 0 aliphatic carbocycles. The van der Waals surface area contributed by atoms with E-state index >= 15 is 0 Å². The van der Waals surface area contributed by atoms with Crippen molar-refractivity contribution in [3.8, 4) is 0 Å². The Morgan fingerprint density at radius 2 is 2.04 bits per heavy atom. The summed E-state index contributed by atoms with van der Waals surface area (Å²) in [5.41, 5.74) is 1.45. The zero-order valence-corrected chi connectivity index (χ0v) is 15.0. The molecular weight excluding hydrogens is 330 g/mol. The van der Waals surface area contributed by atoms with Gasteiger partial charge in [0.05, 0.1) is 11.3 Å². The summed E-state index contributed by atoms with van der Waals surface area (Å²) in [5, 5.41) is 0. The molecule has 7 nitrogen and oxygen atoms in total. The fourth-order valence-electron chi connectivity index (χ4n) is 2.71. The fourth-order valence-corrected chi connectivity index (χ4v) is 3.78. The molecule has 1 heterocycles. The van der Waals surface area contributed by atoms with Crippen molar-refractivity contribution in [2.45, 2.75) is 31.6 Å². The lowest BCUT2D eigenvalue weighted by molar-refractivity contribution is -0.128. The molecule has 0 aromatic heterocycles. The number of hydrogen-bond donors (Lipinski definition) is 1. The van der Waals surface area contributed by atoms with Crippen LogP contribution in [0, 0.1) is 0 Å². The lowest BCUT2D eigenvalue weighted by atomic mass is 10.2. The summed E-state index contributed by atoms with van der Waals surface area (Å²) in [6, 6.07) is 4.67. The molecular formula is C16H23N3O4S. The highest BCUT2D eigenvalue weighted by Crippen LogP contribution is 2.29. The molecule has 2 rings (SSSR count). The Labute approximate surface area is 142 Å². The number of fused-ring (bicyclic) bond motifs is 1. The zero-order valence-electron chi connectivity index (χ0n) is 14.2. The van der Waals surface area contributed by atoms with Crippen LogP contribution in [-0.2, 0) is 26.0 Å². The molecule has 1 aliphatic rings. The van der Waals surface area contributed by atoms with Gasteiger partial charge in [-0.25, -0.2) is 13.1 Å². The molecule has 0 fully saturated rings. The first-order chi connectivity index (χ1) is 11.3. The quantitative estimate of drug-likeness (QED) is 0.783. The van der Waals surface area contributed by atoms with E-state index in [1.165, 1.54) is 24.0 Å². The second-order valence-electron chi connectivity index (χ2n) is 5.82. The third-order valence-corrected chi connectivity index (χ3v) is 5.51. The van der Waals surface area contributed by atoms with Gasteiger partial charge in [-0.3, -0.25) is 9.59 Å². The Morgan fingerprint density at radius 1 is 1.33 bits per heavy atom. The van der Waals surface area contributed by atoms with Crippen molar-refractivity contribution >= 4 is 27.5 Å². The maximum absolute atomic E-state index is 12.4. The number of carbonyl (C=O) groups excluding carboxylic acids is 2. The van der Waals surface area contributed by atoms with Crippen LogP contribution in [0.4, 0.5) is 5.69 Å². The first-order valence-electron chi connectivity index (χ1n) is 7.91. The number of sulfonamides is 1. The van der Waals surface area contributed by atoms with E-state index in [1.54, 1.807) is 18.0 Å². The first kappa shape index (κ1) is 18.4. The van der Waals surface area contributed by atoms with Gasteiger partial charge in [0, 0.05) is 39.3 Å². The molecule has 0 radical (unpaired) electrons. The summed E-state index contributed by atoms with van der Waals surface area (Å²) in [4.78, 5) is 26.4. The molecule has 1 aliphatic heterocycles. The monoisotopic (exact) mass is 353 g/mol. The summed E-state index contributed by atoms with van der Waals surface area (Å²) in [6.45, 7) is 4.51. The number of hydrogen-bond acceptors (Lipinski definition) is 4. The molecule has 0 unspecified atom stereocenters. The number of likely N-dealkylation sites (N-methyl/N-ethyl adjacent to an activating group) is 1. The lowest BCUT2D eigenvalue weighted by Gasteiger charge is -2.20. The van der Waals surface area contributed by atoms with E-state index in [0.29, 0.717) is 18.7 Å². The Kier molecular flexibility index (Phi) is 5.61. The minimum Gasteiger partial charge on any atom is -0.342 e. The zero-order chi connectivity index (χ0) is 17.9. The van der Waals surface area contributed by atoms with Crippen LogP contribution in [0.1, 0.15) is 25.8 Å². The highest BCUT2D eigenvalue weighted by Gasteiger charge is 2.26. The van der Waals surface area contributed by atoms with Crippen molar-refractivity contribution in [1.82, 2.24) is 9.62 Å². The average Bonchev–Trinajstić information content (AvgIpc) is 2.80. The number of amides is 2. The van der Waals surface area contributed by atoms with Crippen molar-refractivity contribution in [3.05, 3.63) is 23.8 Å². The number of carbonyl (C=O) groups is 2. The predicted molar refractivity (Wildman–Crippen MR) is 91.3 cm³/mol. The number of benzene rings is 1. The Balaban J connectivity index is 2.05. The van der Waals surface area contributed by atoms with Gasteiger partial charge in [0.2, 0.25) is 21.8 Å². The summed E-state index contributed by atoms with van der Waals surface area (Å²) in [6.07, 6.45) is 1.03. The van der Waals surface area contributed by atoms with Crippen molar-refractivity contribution in [2.75, 3.05) is 31.6 Å². The summed E-state index contributed by atoms with van der Waals surface area (Å²) < 4.78 is 27.3. The van der Waals surface area contributed by atoms with Gasteiger partial charge in [0.15, 0.2) is 0 Å². The molecule has 24 heavy (non-hydrogen) atoms. The molecule has 0 bridgehead atoms. The summed E-state index contributed by atoms with van der Waals surface area (Å²) >= 11 is 0. The maximum atomic E-state index is 12.4. The van der Waals surface area contributed by atoms with E-state index in [4.69, 9.17) is 0 Å². The SMILES string of the molecule is CCCN(CCNS(=O)(=O)c1ccc2c(c1)CC(=O)N2C)C(C)=O. The van der Waals surface area contributed by atoms with E-state index in [9.17, 15) is 18.0 Å². The van der Waals surface area contributed by atoms with Crippen LogP contribution in [0.15, 0.2) is 23.1 Å². The Morgan fingerprint density at radius 3 is 2.67 bits per heavy atom. The molecule has 1 aromatic carbocycles. The van der Waals surface area contributed by atoms with Crippen LogP contribution in [-0.4, -0.2) is 51.8 Å². The topological polar surface area (TPSA) is 86.8 Å². The molecule has 0 atom stereocenters. The van der Waals surface area contributed by atoms with Crippen LogP contribution in [0.2, 0.25) is 0 Å². The van der Waals surface area contributed by atoms with Gasteiger partial charge in [-0.05, 0) is 30.2 Å². The van der Waals surface area contributed by atoms with E-state index in [1.807, 2.05) is 6.92 Å². The van der Waals surface area contributed by atoms with Gasteiger partial charge in [-0.1, -0.05) is 6.92 Å². The van der Waals surface area contributed by atoms with Crippen molar-refractivity contribution in [1.29, 1.82) is 0 Å². The van der Waals surface area contributed by atoms with Crippen molar-refractivity contribution in [3.63, 3.8) is 0 Å². The Hall–Kier alpha value is -1.93. The largest absolute Gasteiger partial charge is 0.342 e.